The van der Waals surface area contributed by atoms with Gasteiger partial charge >= 0.3 is 0 Å². The largest absolute Gasteiger partial charge is 0.497 e. The molecule has 5 rings (SSSR count). The minimum absolute atomic E-state index is 0.0127. The van der Waals surface area contributed by atoms with Crippen molar-refractivity contribution in [2.75, 3.05) is 14.2 Å². The molecule has 0 saturated carbocycles. The normalized spacial score (nSPS) is 11.3. The number of hydrogen-bond donors (Lipinski definition) is 0. The van der Waals surface area contributed by atoms with Gasteiger partial charge in [-0.3, -0.25) is 4.79 Å². The lowest BCUT2D eigenvalue weighted by Crippen LogP contribution is -2.20. The fourth-order valence-corrected chi connectivity index (χ4v) is 4.88. The average Bonchev–Trinajstić information content (AvgIpc) is 3.24. The molecule has 178 valence electrons. The van der Waals surface area contributed by atoms with Gasteiger partial charge in [0, 0.05) is 36.5 Å². The van der Waals surface area contributed by atoms with Crippen LogP contribution in [0.5, 0.6) is 11.5 Å². The number of methoxy groups -OCH3 is 2. The number of aryl methyl sites for hydroxylation is 3. The highest BCUT2D eigenvalue weighted by Gasteiger charge is 2.22. The van der Waals surface area contributed by atoms with Crippen LogP contribution in [-0.2, 0) is 13.0 Å². The number of nitrogens with zero attached hydrogens (tertiary/aromatic N) is 2. The molecule has 0 fully saturated rings. The lowest BCUT2D eigenvalue weighted by Gasteiger charge is -2.17. The van der Waals surface area contributed by atoms with E-state index in [2.05, 4.69) is 66.9 Å². The molecule has 2 heterocycles. The fraction of sp³-hybridized carbons (Fsp3) is 0.233. The van der Waals surface area contributed by atoms with Crippen LogP contribution in [0.25, 0.3) is 27.5 Å². The zero-order valence-corrected chi connectivity index (χ0v) is 20.9. The Bertz CT molecular complexity index is 1590. The summed E-state index contributed by atoms with van der Waals surface area (Å²) in [6.07, 6.45) is 0.703. The molecule has 0 saturated heterocycles. The Kier molecular flexibility index (Phi) is 5.85. The third-order valence-electron chi connectivity index (χ3n) is 6.70. The summed E-state index contributed by atoms with van der Waals surface area (Å²) in [5.74, 6) is 1.34. The first kappa shape index (κ1) is 22.8. The second-order valence-electron chi connectivity index (χ2n) is 9.00. The van der Waals surface area contributed by atoms with E-state index >= 15 is 0 Å². The first-order chi connectivity index (χ1) is 16.9. The number of rotatable bonds is 6. The lowest BCUT2D eigenvalue weighted by molar-refractivity contribution is 0.397. The van der Waals surface area contributed by atoms with Crippen molar-refractivity contribution < 1.29 is 9.47 Å². The van der Waals surface area contributed by atoms with E-state index in [4.69, 9.17) is 9.47 Å². The Balaban J connectivity index is 1.94. The molecule has 0 radical (unpaired) electrons. The number of fused-ring (bicyclic) bond motifs is 3. The summed E-state index contributed by atoms with van der Waals surface area (Å²) in [7, 11) is 3.29. The summed E-state index contributed by atoms with van der Waals surface area (Å²) in [6.45, 7) is 6.70. The summed E-state index contributed by atoms with van der Waals surface area (Å²) in [5, 5.41) is 1.59. The maximum Gasteiger partial charge on any atom is 0.260 e. The van der Waals surface area contributed by atoms with Crippen LogP contribution in [0.4, 0.5) is 0 Å². The number of aromatic nitrogens is 2. The van der Waals surface area contributed by atoms with Gasteiger partial charge in [0.2, 0.25) is 0 Å². The zero-order valence-electron chi connectivity index (χ0n) is 20.9. The van der Waals surface area contributed by atoms with Crippen molar-refractivity contribution in [2.24, 2.45) is 0 Å². The molecule has 5 nitrogen and oxygen atoms in total. The fourth-order valence-electron chi connectivity index (χ4n) is 4.88. The maximum atomic E-state index is 13.8. The Hall–Kier alpha value is -3.99. The number of hydrogen-bond acceptors (Lipinski definition) is 3. The van der Waals surface area contributed by atoms with E-state index < -0.39 is 0 Å². The molecule has 0 N–H and O–H groups in total. The first-order valence-electron chi connectivity index (χ1n) is 11.9. The van der Waals surface area contributed by atoms with Crippen molar-refractivity contribution >= 4 is 21.8 Å². The molecule has 0 aliphatic heterocycles. The van der Waals surface area contributed by atoms with Crippen molar-refractivity contribution in [1.82, 2.24) is 9.13 Å². The van der Waals surface area contributed by atoms with Crippen LogP contribution in [0, 0.1) is 13.8 Å². The van der Waals surface area contributed by atoms with Gasteiger partial charge < -0.3 is 18.6 Å². The first-order valence-corrected chi connectivity index (χ1v) is 11.9. The minimum Gasteiger partial charge on any atom is -0.497 e. The molecule has 0 bridgehead atoms. The van der Waals surface area contributed by atoms with Crippen LogP contribution >= 0.6 is 0 Å². The van der Waals surface area contributed by atoms with Crippen LogP contribution in [0.3, 0.4) is 0 Å². The molecule has 35 heavy (non-hydrogen) atoms. The molecular formula is C30H30N2O3. The Morgan fingerprint density at radius 3 is 2.09 bits per heavy atom. The van der Waals surface area contributed by atoms with E-state index in [-0.39, 0.29) is 5.56 Å². The molecule has 2 aromatic heterocycles. The van der Waals surface area contributed by atoms with Crippen molar-refractivity contribution in [1.29, 1.82) is 0 Å². The lowest BCUT2D eigenvalue weighted by atomic mass is 10.1. The highest BCUT2D eigenvalue weighted by atomic mass is 16.5. The van der Waals surface area contributed by atoms with Crippen LogP contribution < -0.4 is 15.0 Å². The van der Waals surface area contributed by atoms with E-state index in [1.165, 1.54) is 16.7 Å². The number of ether oxygens (including phenoxy) is 2. The van der Waals surface area contributed by atoms with E-state index in [1.807, 2.05) is 25.1 Å². The summed E-state index contributed by atoms with van der Waals surface area (Å²) < 4.78 is 15.4. The molecule has 3 aromatic carbocycles. The van der Waals surface area contributed by atoms with Crippen molar-refractivity contribution in [2.45, 2.75) is 33.7 Å². The molecule has 5 aromatic rings. The van der Waals surface area contributed by atoms with Gasteiger partial charge in [-0.05, 0) is 44.5 Å². The number of pyridine rings is 1. The van der Waals surface area contributed by atoms with E-state index in [9.17, 15) is 4.79 Å². The SMILES string of the molecule is CCn1c(=O)c2cc(Cc3ccc(C)cc3)n(-c3ccc(C)cc3)c2c2c(OC)cc(OC)cc21. The molecule has 0 aliphatic rings. The van der Waals surface area contributed by atoms with E-state index in [1.54, 1.807) is 18.8 Å². The molecule has 0 unspecified atom stereocenters. The van der Waals surface area contributed by atoms with Gasteiger partial charge in [-0.25, -0.2) is 0 Å². The van der Waals surface area contributed by atoms with Gasteiger partial charge in [0.05, 0.1) is 36.0 Å². The Morgan fingerprint density at radius 2 is 1.49 bits per heavy atom. The molecule has 0 spiro atoms. The molecule has 5 heteroatoms. The maximum absolute atomic E-state index is 13.8. The summed E-state index contributed by atoms with van der Waals surface area (Å²) >= 11 is 0. The van der Waals surface area contributed by atoms with E-state index in [0.717, 1.165) is 27.8 Å². The predicted molar refractivity (Wildman–Crippen MR) is 143 cm³/mol. The van der Waals surface area contributed by atoms with E-state index in [0.29, 0.717) is 29.9 Å². The minimum atomic E-state index is -0.0127. The molecule has 0 atom stereocenters. The van der Waals surface area contributed by atoms with Crippen LogP contribution in [0.1, 0.15) is 29.3 Å². The van der Waals surface area contributed by atoms with Gasteiger partial charge in [-0.2, -0.15) is 0 Å². The standard InChI is InChI=1S/C30H30N2O3/c1-6-31-26-17-24(34-4)18-27(35-5)28(26)29-25(30(31)33)16-23(15-21-11-7-19(2)8-12-21)32(29)22-13-9-20(3)10-14-22/h7-14,16-18H,6,15H2,1-5H3. The third-order valence-corrected chi connectivity index (χ3v) is 6.70. The highest BCUT2D eigenvalue weighted by Crippen LogP contribution is 2.38. The number of benzene rings is 3. The van der Waals surface area contributed by atoms with Crippen LogP contribution in [-0.4, -0.2) is 23.4 Å². The molecule has 0 amide bonds. The van der Waals surface area contributed by atoms with Crippen molar-refractivity contribution in [3.63, 3.8) is 0 Å². The quantitative estimate of drug-likeness (QED) is 0.300. The Morgan fingerprint density at radius 1 is 0.829 bits per heavy atom. The summed E-state index contributed by atoms with van der Waals surface area (Å²) in [5.41, 5.74) is 7.32. The van der Waals surface area contributed by atoms with Crippen LogP contribution in [0.15, 0.2) is 71.5 Å². The van der Waals surface area contributed by atoms with Crippen LogP contribution in [0.2, 0.25) is 0 Å². The Labute approximate surface area is 205 Å². The van der Waals surface area contributed by atoms with Gasteiger partial charge in [0.25, 0.3) is 5.56 Å². The topological polar surface area (TPSA) is 45.4 Å². The molecular weight excluding hydrogens is 436 g/mol. The van der Waals surface area contributed by atoms with Crippen molar-refractivity contribution in [3.8, 4) is 17.2 Å². The van der Waals surface area contributed by atoms with Crippen molar-refractivity contribution in [3.05, 3.63) is 99.5 Å². The highest BCUT2D eigenvalue weighted by molar-refractivity contribution is 6.09. The molecule has 0 aliphatic carbocycles. The van der Waals surface area contributed by atoms with Gasteiger partial charge in [-0.1, -0.05) is 47.5 Å². The zero-order chi connectivity index (χ0) is 24.7. The predicted octanol–water partition coefficient (Wildman–Crippen LogP) is 6.19. The van der Waals surface area contributed by atoms with Gasteiger partial charge in [0.1, 0.15) is 11.5 Å². The second kappa shape index (κ2) is 8.99. The third kappa shape index (κ3) is 3.87. The van der Waals surface area contributed by atoms with Gasteiger partial charge in [0.15, 0.2) is 0 Å². The average molecular weight is 467 g/mol. The smallest absolute Gasteiger partial charge is 0.260 e. The monoisotopic (exact) mass is 466 g/mol. The summed E-state index contributed by atoms with van der Waals surface area (Å²) in [6, 6.07) is 22.9. The summed E-state index contributed by atoms with van der Waals surface area (Å²) in [4.78, 5) is 13.8. The van der Waals surface area contributed by atoms with Gasteiger partial charge in [-0.15, -0.1) is 0 Å². The second-order valence-corrected chi connectivity index (χ2v) is 9.00.